The Morgan fingerprint density at radius 3 is 2.41 bits per heavy atom. The molecule has 0 atom stereocenters. The van der Waals surface area contributed by atoms with E-state index in [1.807, 2.05) is 43.3 Å². The summed E-state index contributed by atoms with van der Waals surface area (Å²) in [6.07, 6.45) is 0. The van der Waals surface area contributed by atoms with Crippen LogP contribution in [0.15, 0.2) is 42.5 Å². The number of pyridine rings is 1. The zero-order valence-electron chi connectivity index (χ0n) is 19.4. The van der Waals surface area contributed by atoms with Crippen LogP contribution in [0.5, 0.6) is 0 Å². The third-order valence-electron chi connectivity index (χ3n) is 5.32. The number of amides is 2. The lowest BCUT2D eigenvalue weighted by Crippen LogP contribution is -2.21. The van der Waals surface area contributed by atoms with Crippen molar-refractivity contribution in [1.82, 2.24) is 9.88 Å². The zero-order chi connectivity index (χ0) is 24.6. The number of para-hydroxylation sites is 1. The molecule has 174 valence electrons. The fourth-order valence-corrected chi connectivity index (χ4v) is 5.63. The predicted molar refractivity (Wildman–Crippen MR) is 136 cm³/mol. The minimum absolute atomic E-state index is 0.179. The average molecular weight is 494 g/mol. The van der Waals surface area contributed by atoms with E-state index >= 15 is 0 Å². The molecule has 1 aromatic carbocycles. The predicted octanol–water partition coefficient (Wildman–Crippen LogP) is 5.38. The summed E-state index contributed by atoms with van der Waals surface area (Å²) in [5, 5.41) is 3.82. The fraction of sp³-hybridized carbons (Fsp3) is 0.200. The Labute approximate surface area is 205 Å². The molecule has 0 spiro atoms. The molecule has 0 saturated carbocycles. The van der Waals surface area contributed by atoms with Crippen LogP contribution in [0, 0.1) is 13.8 Å². The van der Waals surface area contributed by atoms with Gasteiger partial charge in [-0.05, 0) is 43.7 Å². The molecule has 0 aliphatic heterocycles. The molecule has 4 rings (SSSR count). The first-order valence-electron chi connectivity index (χ1n) is 10.4. The highest BCUT2D eigenvalue weighted by Crippen LogP contribution is 2.36. The van der Waals surface area contributed by atoms with E-state index in [1.165, 1.54) is 12.0 Å². The molecular weight excluding hydrogens is 470 g/mol. The number of aromatic nitrogens is 1. The molecule has 0 saturated heterocycles. The SMILES string of the molecule is COC(=O)c1c(NC(=O)c2cc(-c3ccc(C)s3)nc3ccccc23)sc(C(=O)N(C)C)c1C. The number of esters is 1. The number of ether oxygens (including phenoxy) is 1. The molecule has 0 fully saturated rings. The highest BCUT2D eigenvalue weighted by atomic mass is 32.1. The van der Waals surface area contributed by atoms with Crippen LogP contribution in [-0.4, -0.2) is 48.9 Å². The van der Waals surface area contributed by atoms with E-state index in [0.29, 0.717) is 32.6 Å². The van der Waals surface area contributed by atoms with Crippen LogP contribution < -0.4 is 5.32 Å². The van der Waals surface area contributed by atoms with Gasteiger partial charge < -0.3 is 15.0 Å². The Morgan fingerprint density at radius 2 is 1.76 bits per heavy atom. The van der Waals surface area contributed by atoms with Crippen molar-refractivity contribution in [3.8, 4) is 10.6 Å². The largest absolute Gasteiger partial charge is 0.465 e. The number of nitrogens with one attached hydrogen (secondary N) is 1. The minimum Gasteiger partial charge on any atom is -0.465 e. The van der Waals surface area contributed by atoms with Crippen molar-refractivity contribution >= 4 is 56.4 Å². The second kappa shape index (κ2) is 9.36. The van der Waals surface area contributed by atoms with E-state index in [0.717, 1.165) is 21.1 Å². The van der Waals surface area contributed by atoms with Gasteiger partial charge in [0.05, 0.1) is 39.2 Å². The molecule has 0 aliphatic rings. The summed E-state index contributed by atoms with van der Waals surface area (Å²) in [6.45, 7) is 3.69. The van der Waals surface area contributed by atoms with Gasteiger partial charge >= 0.3 is 5.97 Å². The topological polar surface area (TPSA) is 88.6 Å². The number of methoxy groups -OCH3 is 1. The van der Waals surface area contributed by atoms with E-state index < -0.39 is 11.9 Å². The van der Waals surface area contributed by atoms with E-state index in [-0.39, 0.29) is 16.5 Å². The van der Waals surface area contributed by atoms with Gasteiger partial charge in [-0.25, -0.2) is 9.78 Å². The monoisotopic (exact) mass is 493 g/mol. The Morgan fingerprint density at radius 1 is 1.03 bits per heavy atom. The molecule has 9 heteroatoms. The number of aryl methyl sites for hydroxylation is 1. The average Bonchev–Trinajstić information content (AvgIpc) is 3.40. The molecule has 3 heterocycles. The van der Waals surface area contributed by atoms with Crippen LogP contribution in [0.4, 0.5) is 5.00 Å². The summed E-state index contributed by atoms with van der Waals surface area (Å²) in [5.74, 6) is -1.27. The second-order valence-electron chi connectivity index (χ2n) is 7.89. The maximum absolute atomic E-state index is 13.5. The van der Waals surface area contributed by atoms with E-state index in [9.17, 15) is 14.4 Å². The van der Waals surface area contributed by atoms with E-state index in [4.69, 9.17) is 9.72 Å². The number of hydrogen-bond acceptors (Lipinski definition) is 7. The van der Waals surface area contributed by atoms with Crippen molar-refractivity contribution in [2.45, 2.75) is 13.8 Å². The lowest BCUT2D eigenvalue weighted by Gasteiger charge is -2.10. The fourth-order valence-electron chi connectivity index (χ4n) is 3.59. The molecule has 2 amide bonds. The quantitative estimate of drug-likeness (QED) is 0.377. The highest BCUT2D eigenvalue weighted by Gasteiger charge is 2.27. The van der Waals surface area contributed by atoms with Gasteiger partial charge in [0.15, 0.2) is 0 Å². The maximum atomic E-state index is 13.5. The summed E-state index contributed by atoms with van der Waals surface area (Å²) >= 11 is 2.66. The third-order valence-corrected chi connectivity index (χ3v) is 7.54. The molecule has 1 N–H and O–H groups in total. The van der Waals surface area contributed by atoms with E-state index in [1.54, 1.807) is 38.4 Å². The van der Waals surface area contributed by atoms with E-state index in [2.05, 4.69) is 5.32 Å². The Bertz CT molecular complexity index is 1440. The van der Waals surface area contributed by atoms with Crippen LogP contribution in [0.25, 0.3) is 21.5 Å². The van der Waals surface area contributed by atoms with Gasteiger partial charge in [0.25, 0.3) is 11.8 Å². The van der Waals surface area contributed by atoms with Crippen LogP contribution in [0.2, 0.25) is 0 Å². The van der Waals surface area contributed by atoms with Crippen molar-refractivity contribution in [3.05, 3.63) is 68.9 Å². The Hall–Kier alpha value is -3.56. The van der Waals surface area contributed by atoms with Gasteiger partial charge in [0.2, 0.25) is 0 Å². The number of thiophene rings is 2. The van der Waals surface area contributed by atoms with Gasteiger partial charge in [0.1, 0.15) is 5.00 Å². The molecular formula is C25H23N3O4S2. The third kappa shape index (κ3) is 4.32. The van der Waals surface area contributed by atoms with Crippen LogP contribution in [0.1, 0.15) is 40.8 Å². The Kier molecular flexibility index (Phi) is 6.49. The lowest BCUT2D eigenvalue weighted by atomic mass is 10.1. The molecule has 0 aliphatic carbocycles. The van der Waals surface area contributed by atoms with Gasteiger partial charge in [-0.1, -0.05) is 18.2 Å². The lowest BCUT2D eigenvalue weighted by molar-refractivity contribution is 0.0601. The molecule has 4 aromatic rings. The molecule has 0 radical (unpaired) electrons. The summed E-state index contributed by atoms with van der Waals surface area (Å²) in [6, 6.07) is 13.2. The molecule has 0 unspecified atom stereocenters. The van der Waals surface area contributed by atoms with Crippen LogP contribution >= 0.6 is 22.7 Å². The number of carbonyl (C=O) groups excluding carboxylic acids is 3. The van der Waals surface area contributed by atoms with Crippen molar-refractivity contribution in [1.29, 1.82) is 0 Å². The number of nitrogens with zero attached hydrogens (tertiary/aromatic N) is 2. The molecule has 0 bridgehead atoms. The normalized spacial score (nSPS) is 10.9. The molecule has 34 heavy (non-hydrogen) atoms. The second-order valence-corrected chi connectivity index (χ2v) is 10.2. The van der Waals surface area contributed by atoms with Gasteiger partial charge in [0, 0.05) is 24.4 Å². The smallest absolute Gasteiger partial charge is 0.341 e. The number of benzene rings is 1. The number of fused-ring (bicyclic) bond motifs is 1. The minimum atomic E-state index is -0.615. The van der Waals surface area contributed by atoms with Gasteiger partial charge in [-0.15, -0.1) is 22.7 Å². The summed E-state index contributed by atoms with van der Waals surface area (Å²) in [4.78, 5) is 47.3. The number of anilines is 1. The van der Waals surface area contributed by atoms with Gasteiger partial charge in [-0.2, -0.15) is 0 Å². The molecule has 3 aromatic heterocycles. The first-order valence-corrected chi connectivity index (χ1v) is 12.1. The first-order chi connectivity index (χ1) is 16.2. The van der Waals surface area contributed by atoms with Crippen molar-refractivity contribution < 1.29 is 19.1 Å². The van der Waals surface area contributed by atoms with Gasteiger partial charge in [-0.3, -0.25) is 9.59 Å². The maximum Gasteiger partial charge on any atom is 0.341 e. The van der Waals surface area contributed by atoms with Crippen LogP contribution in [-0.2, 0) is 4.74 Å². The molecule has 7 nitrogen and oxygen atoms in total. The van der Waals surface area contributed by atoms with Crippen LogP contribution in [0.3, 0.4) is 0 Å². The summed E-state index contributed by atoms with van der Waals surface area (Å²) < 4.78 is 4.93. The van der Waals surface area contributed by atoms with Crippen molar-refractivity contribution in [3.63, 3.8) is 0 Å². The van der Waals surface area contributed by atoms with Crippen molar-refractivity contribution in [2.24, 2.45) is 0 Å². The zero-order valence-corrected chi connectivity index (χ0v) is 21.0. The number of rotatable bonds is 5. The number of carbonyl (C=O) groups is 3. The summed E-state index contributed by atoms with van der Waals surface area (Å²) in [5.41, 5.74) is 2.46. The number of hydrogen-bond donors (Lipinski definition) is 1. The Balaban J connectivity index is 1.82. The first kappa shape index (κ1) is 23.6. The standard InChI is InChI=1S/C25H23N3O4S2/c1-13-10-11-19(33-13)18-12-16(15-8-6-7-9-17(15)26-18)22(29)27-23-20(25(31)32-5)14(2)21(34-23)24(30)28(3)4/h6-12H,1-5H3,(H,27,29). The highest BCUT2D eigenvalue weighted by molar-refractivity contribution is 7.18. The van der Waals surface area contributed by atoms with Crippen molar-refractivity contribution in [2.75, 3.05) is 26.5 Å². The summed E-state index contributed by atoms with van der Waals surface area (Å²) in [7, 11) is 4.53.